The van der Waals surface area contributed by atoms with Crippen LogP contribution in [0.15, 0.2) is 23.4 Å². The maximum atomic E-state index is 12.3. The lowest BCUT2D eigenvalue weighted by Crippen LogP contribution is -2.37. The molecule has 0 aliphatic carbocycles. The van der Waals surface area contributed by atoms with Crippen LogP contribution in [0.2, 0.25) is 0 Å². The van der Waals surface area contributed by atoms with Gasteiger partial charge in [-0.25, -0.2) is 27.0 Å². The highest BCUT2D eigenvalue weighted by atomic mass is 32.2. The molecule has 1 heterocycles. The van der Waals surface area contributed by atoms with Crippen LogP contribution < -0.4 is 0 Å². The Hall–Kier alpha value is -1.65. The number of hydrogen-bond acceptors (Lipinski definition) is 5. The zero-order valence-electron chi connectivity index (χ0n) is 10.1. The van der Waals surface area contributed by atoms with Crippen molar-refractivity contribution in [1.29, 1.82) is 0 Å². The number of alkyl halides is 2. The summed E-state index contributed by atoms with van der Waals surface area (Å²) < 4.78 is 49.1. The maximum absolute atomic E-state index is 12.3. The normalized spacial score (nSPS) is 12.1. The van der Waals surface area contributed by atoms with Crippen molar-refractivity contribution in [1.82, 2.24) is 9.29 Å². The third-order valence-electron chi connectivity index (χ3n) is 2.28. The summed E-state index contributed by atoms with van der Waals surface area (Å²) in [7, 11) is -4.31. The topological polar surface area (TPSA) is 108 Å². The minimum atomic E-state index is -4.31. The van der Waals surface area contributed by atoms with Gasteiger partial charge in [-0.1, -0.05) is 0 Å². The number of nitrogens with zero attached hydrogens (tertiary/aromatic N) is 2. The van der Waals surface area contributed by atoms with Crippen LogP contribution in [0.25, 0.3) is 0 Å². The number of carboxylic acid groups (broad SMARTS) is 1. The fourth-order valence-corrected chi connectivity index (χ4v) is 2.69. The van der Waals surface area contributed by atoms with Crippen LogP contribution in [0.1, 0.15) is 10.4 Å². The van der Waals surface area contributed by atoms with Crippen LogP contribution in [0.5, 0.6) is 0 Å². The first-order valence-corrected chi connectivity index (χ1v) is 6.81. The van der Waals surface area contributed by atoms with Crippen molar-refractivity contribution in [3.63, 3.8) is 0 Å². The van der Waals surface area contributed by atoms with E-state index >= 15 is 0 Å². The molecule has 0 saturated carbocycles. The number of hydrogen-bond donors (Lipinski definition) is 2. The molecule has 0 atom stereocenters. The van der Waals surface area contributed by atoms with Crippen LogP contribution >= 0.6 is 0 Å². The number of aliphatic hydroxyl groups is 1. The van der Waals surface area contributed by atoms with Gasteiger partial charge in [0.15, 0.2) is 5.03 Å². The predicted octanol–water partition coefficient (Wildman–Crippen LogP) is 0.0279. The average molecular weight is 310 g/mol. The van der Waals surface area contributed by atoms with E-state index in [0.29, 0.717) is 4.31 Å². The van der Waals surface area contributed by atoms with E-state index in [1.165, 1.54) is 0 Å². The lowest BCUT2D eigenvalue weighted by molar-refractivity contribution is 0.0696. The van der Waals surface area contributed by atoms with Crippen molar-refractivity contribution in [2.24, 2.45) is 0 Å². The molecule has 0 saturated heterocycles. The molecular weight excluding hydrogens is 298 g/mol. The molecule has 1 rings (SSSR count). The van der Waals surface area contributed by atoms with E-state index in [1.807, 2.05) is 0 Å². The van der Waals surface area contributed by atoms with Crippen LogP contribution in [-0.4, -0.2) is 60.0 Å². The monoisotopic (exact) mass is 310 g/mol. The first-order chi connectivity index (χ1) is 9.28. The number of pyridine rings is 1. The van der Waals surface area contributed by atoms with Crippen LogP contribution in [0, 0.1) is 0 Å². The first-order valence-electron chi connectivity index (χ1n) is 5.37. The molecule has 10 heteroatoms. The quantitative estimate of drug-likeness (QED) is 0.735. The van der Waals surface area contributed by atoms with Crippen molar-refractivity contribution in [3.05, 3.63) is 23.9 Å². The van der Waals surface area contributed by atoms with E-state index in [-0.39, 0.29) is 5.56 Å². The van der Waals surface area contributed by atoms with Gasteiger partial charge in [-0.15, -0.1) is 0 Å². The third-order valence-corrected chi connectivity index (χ3v) is 4.06. The molecule has 0 fully saturated rings. The number of sulfonamides is 1. The van der Waals surface area contributed by atoms with Crippen molar-refractivity contribution in [2.45, 2.75) is 11.5 Å². The zero-order valence-corrected chi connectivity index (χ0v) is 10.9. The van der Waals surface area contributed by atoms with E-state index in [0.717, 1.165) is 18.3 Å². The summed E-state index contributed by atoms with van der Waals surface area (Å²) in [6, 6.07) is 1.91. The van der Waals surface area contributed by atoms with Gasteiger partial charge in [0, 0.05) is 12.7 Å². The summed E-state index contributed by atoms with van der Waals surface area (Å²) in [5.41, 5.74) is -0.230. The molecule has 1 aromatic rings. The molecular formula is C10H12F2N2O5S. The number of aromatic carboxylic acids is 1. The van der Waals surface area contributed by atoms with Gasteiger partial charge in [0.25, 0.3) is 16.4 Å². The van der Waals surface area contributed by atoms with E-state index in [1.54, 1.807) is 0 Å². The van der Waals surface area contributed by atoms with Crippen molar-refractivity contribution in [2.75, 3.05) is 19.7 Å². The zero-order chi connectivity index (χ0) is 15.3. The van der Waals surface area contributed by atoms with Gasteiger partial charge >= 0.3 is 5.97 Å². The fraction of sp³-hybridized carbons (Fsp3) is 0.400. The van der Waals surface area contributed by atoms with Gasteiger partial charge in [0.2, 0.25) is 0 Å². The molecule has 0 aliphatic rings. The largest absolute Gasteiger partial charge is 0.478 e. The van der Waals surface area contributed by atoms with Crippen LogP contribution in [0.3, 0.4) is 0 Å². The standard InChI is InChI=1S/C10H12F2N2O5S/c11-8(12)6-14(3-4-15)20(18,19)9-2-1-7(5-13-9)10(16)17/h1-2,5,8,15H,3-4,6H2,(H,16,17). The van der Waals surface area contributed by atoms with Gasteiger partial charge in [0.05, 0.1) is 18.7 Å². The molecule has 2 N–H and O–H groups in total. The fourth-order valence-electron chi connectivity index (χ4n) is 1.37. The summed E-state index contributed by atoms with van der Waals surface area (Å²) in [4.78, 5) is 14.1. The SMILES string of the molecule is O=C(O)c1ccc(S(=O)(=O)N(CCO)CC(F)F)nc1. The molecule has 0 aromatic carbocycles. The Bertz CT molecular complexity index is 562. The van der Waals surface area contributed by atoms with Gasteiger partial charge in [-0.05, 0) is 12.1 Å². The minimum Gasteiger partial charge on any atom is -0.478 e. The Morgan fingerprint density at radius 3 is 2.45 bits per heavy atom. The van der Waals surface area contributed by atoms with E-state index in [4.69, 9.17) is 10.2 Å². The molecule has 0 unspecified atom stereocenters. The van der Waals surface area contributed by atoms with Gasteiger partial charge in [-0.2, -0.15) is 4.31 Å². The lowest BCUT2D eigenvalue weighted by Gasteiger charge is -2.20. The number of carboxylic acids is 1. The van der Waals surface area contributed by atoms with Gasteiger partial charge in [-0.3, -0.25) is 0 Å². The number of rotatable bonds is 7. The van der Waals surface area contributed by atoms with Crippen molar-refractivity contribution >= 4 is 16.0 Å². The Morgan fingerprint density at radius 2 is 2.05 bits per heavy atom. The third kappa shape index (κ3) is 3.92. The maximum Gasteiger partial charge on any atom is 0.337 e. The van der Waals surface area contributed by atoms with Gasteiger partial charge in [0.1, 0.15) is 0 Å². The Balaban J connectivity index is 3.08. The summed E-state index contributed by atoms with van der Waals surface area (Å²) in [5.74, 6) is -1.29. The number of aliphatic hydroxyl groups excluding tert-OH is 1. The van der Waals surface area contributed by atoms with Crippen LogP contribution in [0.4, 0.5) is 8.78 Å². The predicted molar refractivity (Wildman–Crippen MR) is 63.0 cm³/mol. The first kappa shape index (κ1) is 16.4. The van der Waals surface area contributed by atoms with Crippen molar-refractivity contribution < 1.29 is 32.2 Å². The summed E-state index contributed by atoms with van der Waals surface area (Å²) in [6.45, 7) is -2.21. The highest BCUT2D eigenvalue weighted by molar-refractivity contribution is 7.89. The number of carbonyl (C=O) groups is 1. The molecule has 0 amide bonds. The second-order valence-electron chi connectivity index (χ2n) is 3.67. The van der Waals surface area contributed by atoms with E-state index in [9.17, 15) is 22.0 Å². The highest BCUT2D eigenvalue weighted by Crippen LogP contribution is 2.15. The Labute approximate surface area is 113 Å². The Kier molecular flexibility index (Phi) is 5.48. The second kappa shape index (κ2) is 6.68. The van der Waals surface area contributed by atoms with Crippen LogP contribution in [-0.2, 0) is 10.0 Å². The molecule has 0 radical (unpaired) electrons. The number of aromatic nitrogens is 1. The molecule has 0 spiro atoms. The molecule has 20 heavy (non-hydrogen) atoms. The molecule has 7 nitrogen and oxygen atoms in total. The molecule has 1 aromatic heterocycles. The lowest BCUT2D eigenvalue weighted by atomic mass is 10.3. The Morgan fingerprint density at radius 1 is 1.40 bits per heavy atom. The summed E-state index contributed by atoms with van der Waals surface area (Å²) in [5, 5.41) is 16.8. The summed E-state index contributed by atoms with van der Waals surface area (Å²) in [6.07, 6.45) is -2.09. The smallest absolute Gasteiger partial charge is 0.337 e. The molecule has 112 valence electrons. The second-order valence-corrected chi connectivity index (χ2v) is 5.55. The van der Waals surface area contributed by atoms with E-state index < -0.39 is 47.1 Å². The molecule has 0 bridgehead atoms. The minimum absolute atomic E-state index is 0.230. The van der Waals surface area contributed by atoms with Crippen molar-refractivity contribution in [3.8, 4) is 0 Å². The van der Waals surface area contributed by atoms with E-state index in [2.05, 4.69) is 4.98 Å². The molecule has 0 aliphatic heterocycles. The highest BCUT2D eigenvalue weighted by Gasteiger charge is 2.28. The summed E-state index contributed by atoms with van der Waals surface area (Å²) >= 11 is 0. The number of halogens is 2. The average Bonchev–Trinajstić information content (AvgIpc) is 2.37. The van der Waals surface area contributed by atoms with Gasteiger partial charge < -0.3 is 10.2 Å².